The fraction of sp³-hybridized carbons (Fsp3) is 0.533. The summed E-state index contributed by atoms with van der Waals surface area (Å²) in [5, 5.41) is 12.5. The topological polar surface area (TPSA) is 58.6 Å². The van der Waals surface area contributed by atoms with Crippen molar-refractivity contribution in [1.29, 1.82) is 0 Å². The number of hydrogen-bond donors (Lipinski definition) is 2. The van der Waals surface area contributed by atoms with Gasteiger partial charge in [0.15, 0.2) is 0 Å². The van der Waals surface area contributed by atoms with Crippen molar-refractivity contribution in [3.8, 4) is 5.75 Å². The maximum atomic E-state index is 11.5. The maximum Gasteiger partial charge on any atom is 0.223 e. The summed E-state index contributed by atoms with van der Waals surface area (Å²) < 4.78 is 5.47. The van der Waals surface area contributed by atoms with Crippen molar-refractivity contribution in [2.45, 2.75) is 39.2 Å². The number of ether oxygens (including phenoxy) is 1. The zero-order valence-corrected chi connectivity index (χ0v) is 11.9. The predicted molar refractivity (Wildman–Crippen MR) is 75.2 cm³/mol. The number of amides is 1. The van der Waals surface area contributed by atoms with E-state index in [1.165, 1.54) is 5.56 Å². The van der Waals surface area contributed by atoms with Gasteiger partial charge < -0.3 is 15.2 Å². The molecule has 1 rings (SSSR count). The first-order chi connectivity index (χ1) is 8.93. The fourth-order valence-electron chi connectivity index (χ4n) is 1.40. The van der Waals surface area contributed by atoms with Crippen molar-refractivity contribution in [3.05, 3.63) is 29.8 Å². The van der Waals surface area contributed by atoms with Crippen molar-refractivity contribution in [1.82, 2.24) is 5.32 Å². The van der Waals surface area contributed by atoms with Gasteiger partial charge in [0.25, 0.3) is 0 Å². The summed E-state index contributed by atoms with van der Waals surface area (Å²) >= 11 is 0. The van der Waals surface area contributed by atoms with Gasteiger partial charge >= 0.3 is 0 Å². The molecule has 0 aliphatic carbocycles. The van der Waals surface area contributed by atoms with Crippen LogP contribution in [-0.4, -0.2) is 29.8 Å². The minimum absolute atomic E-state index is 0.110. The van der Waals surface area contributed by atoms with Crippen LogP contribution in [0.2, 0.25) is 0 Å². The second kappa shape index (κ2) is 7.14. The van der Waals surface area contributed by atoms with Gasteiger partial charge in [-0.3, -0.25) is 4.79 Å². The molecule has 4 heteroatoms. The van der Waals surface area contributed by atoms with E-state index in [-0.39, 0.29) is 18.9 Å². The smallest absolute Gasteiger partial charge is 0.223 e. The second-order valence-corrected chi connectivity index (χ2v) is 5.04. The quantitative estimate of drug-likeness (QED) is 0.793. The van der Waals surface area contributed by atoms with E-state index >= 15 is 0 Å². The number of carbonyl (C=O) groups excluding carboxylic acids is 1. The van der Waals surface area contributed by atoms with Gasteiger partial charge in [-0.25, -0.2) is 0 Å². The van der Waals surface area contributed by atoms with E-state index in [2.05, 4.69) is 5.32 Å². The second-order valence-electron chi connectivity index (χ2n) is 5.04. The van der Waals surface area contributed by atoms with E-state index < -0.39 is 5.60 Å². The molecule has 106 valence electrons. The van der Waals surface area contributed by atoms with Crippen LogP contribution in [0.4, 0.5) is 0 Å². The van der Waals surface area contributed by atoms with Crippen LogP contribution < -0.4 is 10.1 Å². The molecule has 4 nitrogen and oxygen atoms in total. The molecule has 0 aromatic heterocycles. The third-order valence-corrected chi connectivity index (χ3v) is 3.05. The normalized spacial score (nSPS) is 13.7. The Morgan fingerprint density at radius 1 is 1.37 bits per heavy atom. The van der Waals surface area contributed by atoms with Gasteiger partial charge in [-0.05, 0) is 32.4 Å². The molecular formula is C15H23NO3. The average molecular weight is 265 g/mol. The highest BCUT2D eigenvalue weighted by Crippen LogP contribution is 2.11. The molecule has 0 fully saturated rings. The molecule has 1 unspecified atom stereocenters. The third kappa shape index (κ3) is 6.25. The lowest BCUT2D eigenvalue weighted by Crippen LogP contribution is -2.40. The van der Waals surface area contributed by atoms with Gasteiger partial charge in [-0.15, -0.1) is 0 Å². The minimum Gasteiger partial charge on any atom is -0.493 e. The molecule has 0 radical (unpaired) electrons. The van der Waals surface area contributed by atoms with Gasteiger partial charge in [0, 0.05) is 6.54 Å². The lowest BCUT2D eigenvalue weighted by atomic mass is 10.0. The monoisotopic (exact) mass is 265 g/mol. The Morgan fingerprint density at radius 3 is 2.58 bits per heavy atom. The Labute approximate surface area is 114 Å². The van der Waals surface area contributed by atoms with Crippen LogP contribution in [-0.2, 0) is 4.79 Å². The van der Waals surface area contributed by atoms with Crippen LogP contribution >= 0.6 is 0 Å². The zero-order valence-electron chi connectivity index (χ0n) is 11.9. The Morgan fingerprint density at radius 2 is 2.00 bits per heavy atom. The Balaban J connectivity index is 2.22. The summed E-state index contributed by atoms with van der Waals surface area (Å²) in [6.45, 7) is 6.20. The lowest BCUT2D eigenvalue weighted by Gasteiger charge is -2.21. The van der Waals surface area contributed by atoms with Crippen molar-refractivity contribution < 1.29 is 14.6 Å². The predicted octanol–water partition coefficient (Wildman–Crippen LogP) is 2.04. The summed E-state index contributed by atoms with van der Waals surface area (Å²) in [5.41, 5.74) is 0.333. The lowest BCUT2D eigenvalue weighted by molar-refractivity contribution is -0.122. The van der Waals surface area contributed by atoms with Crippen molar-refractivity contribution in [3.63, 3.8) is 0 Å². The fourth-order valence-corrected chi connectivity index (χ4v) is 1.40. The first-order valence-corrected chi connectivity index (χ1v) is 6.61. The van der Waals surface area contributed by atoms with Crippen molar-refractivity contribution in [2.75, 3.05) is 13.2 Å². The Kier molecular flexibility index (Phi) is 5.83. The van der Waals surface area contributed by atoms with E-state index in [1.54, 1.807) is 6.92 Å². The maximum absolute atomic E-state index is 11.5. The molecule has 0 aliphatic heterocycles. The van der Waals surface area contributed by atoms with E-state index in [4.69, 9.17) is 4.74 Å². The van der Waals surface area contributed by atoms with Crippen LogP contribution in [0, 0.1) is 6.92 Å². The number of aliphatic hydroxyl groups is 1. The van der Waals surface area contributed by atoms with E-state index in [9.17, 15) is 9.90 Å². The van der Waals surface area contributed by atoms with Crippen molar-refractivity contribution in [2.24, 2.45) is 0 Å². The van der Waals surface area contributed by atoms with Crippen LogP contribution in [0.15, 0.2) is 24.3 Å². The number of benzene rings is 1. The molecule has 0 saturated heterocycles. The highest BCUT2D eigenvalue weighted by molar-refractivity contribution is 5.76. The molecule has 0 bridgehead atoms. The molecule has 1 aromatic carbocycles. The summed E-state index contributed by atoms with van der Waals surface area (Å²) in [6.07, 6.45) is 0.890. The van der Waals surface area contributed by atoms with Gasteiger partial charge in [0.2, 0.25) is 5.91 Å². The SMILES string of the molecule is CCC(C)(O)CNC(=O)CCOc1ccc(C)cc1. The Bertz CT molecular complexity index is 398. The summed E-state index contributed by atoms with van der Waals surface area (Å²) in [5.74, 6) is 0.653. The van der Waals surface area contributed by atoms with Crippen LogP contribution in [0.3, 0.4) is 0 Å². The van der Waals surface area contributed by atoms with Gasteiger partial charge in [-0.2, -0.15) is 0 Å². The van der Waals surface area contributed by atoms with Crippen molar-refractivity contribution >= 4 is 5.91 Å². The van der Waals surface area contributed by atoms with Crippen LogP contribution in [0.5, 0.6) is 5.75 Å². The third-order valence-electron chi connectivity index (χ3n) is 3.05. The first-order valence-electron chi connectivity index (χ1n) is 6.61. The summed E-state index contributed by atoms with van der Waals surface area (Å²) in [4.78, 5) is 11.5. The molecule has 0 heterocycles. The summed E-state index contributed by atoms with van der Waals surface area (Å²) in [6, 6.07) is 7.70. The molecule has 0 spiro atoms. The largest absolute Gasteiger partial charge is 0.493 e. The van der Waals surface area contributed by atoms with Gasteiger partial charge in [-0.1, -0.05) is 24.6 Å². The number of hydrogen-bond acceptors (Lipinski definition) is 3. The molecule has 0 aliphatic rings. The summed E-state index contributed by atoms with van der Waals surface area (Å²) in [7, 11) is 0. The standard InChI is InChI=1S/C15H23NO3/c1-4-15(3,18)11-16-14(17)9-10-19-13-7-5-12(2)6-8-13/h5-8,18H,4,9-11H2,1-3H3,(H,16,17). The Hall–Kier alpha value is -1.55. The van der Waals surface area contributed by atoms with Gasteiger partial charge in [0.1, 0.15) is 5.75 Å². The highest BCUT2D eigenvalue weighted by Gasteiger charge is 2.18. The average Bonchev–Trinajstić information content (AvgIpc) is 2.39. The minimum atomic E-state index is -0.840. The number of rotatable bonds is 7. The molecule has 1 aromatic rings. The van der Waals surface area contributed by atoms with E-state index in [0.29, 0.717) is 13.0 Å². The van der Waals surface area contributed by atoms with Crippen LogP contribution in [0.25, 0.3) is 0 Å². The molecule has 19 heavy (non-hydrogen) atoms. The molecule has 2 N–H and O–H groups in total. The zero-order chi connectivity index (χ0) is 14.3. The number of carbonyl (C=O) groups is 1. The number of nitrogens with one attached hydrogen (secondary N) is 1. The number of aryl methyl sites for hydroxylation is 1. The van der Waals surface area contributed by atoms with Gasteiger partial charge in [0.05, 0.1) is 18.6 Å². The highest BCUT2D eigenvalue weighted by atomic mass is 16.5. The van der Waals surface area contributed by atoms with E-state index in [1.807, 2.05) is 38.1 Å². The molecule has 1 amide bonds. The molecular weight excluding hydrogens is 242 g/mol. The molecule has 1 atom stereocenters. The van der Waals surface area contributed by atoms with E-state index in [0.717, 1.165) is 5.75 Å². The first kappa shape index (κ1) is 15.5. The molecule has 0 saturated carbocycles. The van der Waals surface area contributed by atoms with Crippen LogP contribution in [0.1, 0.15) is 32.3 Å².